The SMILES string of the molecule is F/C(=C\I)C1=CN=C(Cl)CN1. The number of nitrogens with zero attached hydrogens (tertiary/aromatic N) is 1. The van der Waals surface area contributed by atoms with Crippen molar-refractivity contribution in [3.63, 3.8) is 0 Å². The van der Waals surface area contributed by atoms with Crippen LogP contribution in [0.1, 0.15) is 0 Å². The van der Waals surface area contributed by atoms with E-state index in [1.54, 1.807) is 0 Å². The number of halogens is 3. The minimum atomic E-state index is -0.321. The molecule has 11 heavy (non-hydrogen) atoms. The monoisotopic (exact) mass is 286 g/mol. The third kappa shape index (κ3) is 2.44. The minimum Gasteiger partial charge on any atom is -0.375 e. The summed E-state index contributed by atoms with van der Waals surface area (Å²) in [6.07, 6.45) is 1.37. The molecule has 0 aromatic rings. The van der Waals surface area contributed by atoms with Gasteiger partial charge in [0.25, 0.3) is 0 Å². The Labute approximate surface area is 82.4 Å². The second kappa shape index (κ2) is 4.06. The Kier molecular flexibility index (Phi) is 3.32. The van der Waals surface area contributed by atoms with Crippen molar-refractivity contribution < 1.29 is 4.39 Å². The van der Waals surface area contributed by atoms with E-state index in [9.17, 15) is 4.39 Å². The van der Waals surface area contributed by atoms with Crippen LogP contribution in [-0.2, 0) is 0 Å². The van der Waals surface area contributed by atoms with Crippen LogP contribution in [0.15, 0.2) is 26.8 Å². The van der Waals surface area contributed by atoms with E-state index >= 15 is 0 Å². The van der Waals surface area contributed by atoms with Crippen LogP contribution in [0.3, 0.4) is 0 Å². The van der Waals surface area contributed by atoms with Crippen LogP contribution < -0.4 is 5.32 Å². The fourth-order valence-corrected chi connectivity index (χ4v) is 1.05. The second-order valence-electron chi connectivity index (χ2n) is 1.86. The van der Waals surface area contributed by atoms with Gasteiger partial charge in [0.15, 0.2) is 5.83 Å². The number of aliphatic imine (C=N–C) groups is 1. The number of hydrogen-bond acceptors (Lipinski definition) is 2. The standard InChI is InChI=1S/C6H5ClFIN2/c7-6-3-10-5(2-11-6)4(8)1-9/h1-2,10H,3H2/b4-1-. The zero-order valence-corrected chi connectivity index (χ0v) is 8.36. The van der Waals surface area contributed by atoms with Gasteiger partial charge in [0.05, 0.1) is 18.4 Å². The topological polar surface area (TPSA) is 24.4 Å². The molecule has 0 aromatic heterocycles. The van der Waals surface area contributed by atoms with Crippen molar-refractivity contribution in [2.75, 3.05) is 6.54 Å². The Balaban J connectivity index is 2.76. The zero-order valence-electron chi connectivity index (χ0n) is 5.44. The molecular weight excluding hydrogens is 281 g/mol. The molecule has 0 fully saturated rings. The molecule has 1 aliphatic rings. The number of hydrogen-bond donors (Lipinski definition) is 1. The maximum Gasteiger partial charge on any atom is 0.153 e. The van der Waals surface area contributed by atoms with E-state index in [-0.39, 0.29) is 5.83 Å². The first kappa shape index (κ1) is 8.99. The van der Waals surface area contributed by atoms with Gasteiger partial charge in [-0.2, -0.15) is 0 Å². The number of rotatable bonds is 1. The van der Waals surface area contributed by atoms with E-state index in [1.807, 2.05) is 22.6 Å². The minimum absolute atomic E-state index is 0.321. The predicted molar refractivity (Wildman–Crippen MR) is 52.6 cm³/mol. The van der Waals surface area contributed by atoms with Gasteiger partial charge in [-0.3, -0.25) is 0 Å². The smallest absolute Gasteiger partial charge is 0.153 e. The molecule has 0 atom stereocenters. The van der Waals surface area contributed by atoms with Crippen molar-refractivity contribution in [1.82, 2.24) is 5.32 Å². The lowest BCUT2D eigenvalue weighted by molar-refractivity contribution is 0.631. The first-order valence-corrected chi connectivity index (χ1v) is 4.49. The summed E-state index contributed by atoms with van der Waals surface area (Å²) >= 11 is 7.35. The normalized spacial score (nSPS) is 18.6. The molecule has 5 heteroatoms. The van der Waals surface area contributed by atoms with Gasteiger partial charge in [0.1, 0.15) is 5.17 Å². The average Bonchev–Trinajstić information content (AvgIpc) is 2.05. The lowest BCUT2D eigenvalue weighted by Gasteiger charge is -2.10. The van der Waals surface area contributed by atoms with Crippen molar-refractivity contribution in [3.8, 4) is 0 Å². The van der Waals surface area contributed by atoms with Crippen LogP contribution in [-0.4, -0.2) is 11.7 Å². The van der Waals surface area contributed by atoms with E-state index in [2.05, 4.69) is 10.3 Å². The summed E-state index contributed by atoms with van der Waals surface area (Å²) in [5, 5.41) is 3.21. The molecule has 0 saturated heterocycles. The molecule has 1 aliphatic heterocycles. The molecule has 1 heterocycles. The fraction of sp³-hybridized carbons (Fsp3) is 0.167. The van der Waals surface area contributed by atoms with E-state index in [0.29, 0.717) is 17.4 Å². The van der Waals surface area contributed by atoms with Crippen molar-refractivity contribution in [3.05, 3.63) is 21.8 Å². The maximum absolute atomic E-state index is 12.8. The lowest BCUT2D eigenvalue weighted by Crippen LogP contribution is -2.22. The van der Waals surface area contributed by atoms with Crippen molar-refractivity contribution in [2.45, 2.75) is 0 Å². The second-order valence-corrected chi connectivity index (χ2v) is 2.92. The summed E-state index contributed by atoms with van der Waals surface area (Å²) in [6, 6.07) is 0. The Morgan fingerprint density at radius 1 is 1.91 bits per heavy atom. The van der Waals surface area contributed by atoms with Gasteiger partial charge in [0, 0.05) is 4.08 Å². The molecule has 0 bridgehead atoms. The Bertz CT molecular complexity index is 247. The molecule has 2 nitrogen and oxygen atoms in total. The van der Waals surface area contributed by atoms with Crippen LogP contribution in [0.25, 0.3) is 0 Å². The highest BCUT2D eigenvalue weighted by atomic mass is 127. The molecule has 0 amide bonds. The first-order chi connectivity index (χ1) is 5.24. The molecule has 1 rings (SSSR count). The van der Waals surface area contributed by atoms with Crippen LogP contribution in [0.5, 0.6) is 0 Å². The number of allylic oxidation sites excluding steroid dienone is 1. The van der Waals surface area contributed by atoms with Gasteiger partial charge in [0.2, 0.25) is 0 Å². The summed E-state index contributed by atoms with van der Waals surface area (Å²) in [5.41, 5.74) is 0.379. The van der Waals surface area contributed by atoms with Crippen molar-refractivity contribution in [2.24, 2.45) is 4.99 Å². The van der Waals surface area contributed by atoms with E-state index in [4.69, 9.17) is 11.6 Å². The molecule has 0 spiro atoms. The van der Waals surface area contributed by atoms with Gasteiger partial charge in [-0.05, 0) is 22.6 Å². The predicted octanol–water partition coefficient (Wildman–Crippen LogP) is 2.31. The molecular formula is C6H5ClFIN2. The van der Waals surface area contributed by atoms with Gasteiger partial charge in [-0.15, -0.1) is 0 Å². The zero-order chi connectivity index (χ0) is 8.27. The maximum atomic E-state index is 12.8. The van der Waals surface area contributed by atoms with Gasteiger partial charge in [-0.1, -0.05) is 11.6 Å². The quantitative estimate of drug-likeness (QED) is 0.735. The van der Waals surface area contributed by atoms with Crippen LogP contribution >= 0.6 is 34.2 Å². The molecule has 1 N–H and O–H groups in total. The molecule has 0 unspecified atom stereocenters. The highest BCUT2D eigenvalue weighted by molar-refractivity contribution is 14.1. The Morgan fingerprint density at radius 2 is 2.64 bits per heavy atom. The Morgan fingerprint density at radius 3 is 3.09 bits per heavy atom. The van der Waals surface area contributed by atoms with Gasteiger partial charge < -0.3 is 5.32 Å². The molecule has 60 valence electrons. The van der Waals surface area contributed by atoms with Crippen LogP contribution in [0, 0.1) is 0 Å². The summed E-state index contributed by atoms with van der Waals surface area (Å²) in [4.78, 5) is 3.75. The lowest BCUT2D eigenvalue weighted by atomic mass is 10.4. The van der Waals surface area contributed by atoms with Gasteiger partial charge >= 0.3 is 0 Å². The molecule has 0 radical (unpaired) electrons. The van der Waals surface area contributed by atoms with Crippen molar-refractivity contribution in [1.29, 1.82) is 0 Å². The third-order valence-corrected chi connectivity index (χ3v) is 1.89. The van der Waals surface area contributed by atoms with Crippen molar-refractivity contribution >= 4 is 39.4 Å². The molecule has 0 saturated carbocycles. The van der Waals surface area contributed by atoms with E-state index in [0.717, 1.165) is 0 Å². The molecule has 0 aliphatic carbocycles. The van der Waals surface area contributed by atoms with Gasteiger partial charge in [-0.25, -0.2) is 9.38 Å². The van der Waals surface area contributed by atoms with E-state index < -0.39 is 0 Å². The third-order valence-electron chi connectivity index (χ3n) is 1.11. The highest BCUT2D eigenvalue weighted by Gasteiger charge is 2.07. The largest absolute Gasteiger partial charge is 0.375 e. The summed E-state index contributed by atoms with van der Waals surface area (Å²) in [5.74, 6) is -0.321. The average molecular weight is 286 g/mol. The highest BCUT2D eigenvalue weighted by Crippen LogP contribution is 2.13. The Hall–Kier alpha value is -0.100. The summed E-state index contributed by atoms with van der Waals surface area (Å²) in [6.45, 7) is 0.394. The van der Waals surface area contributed by atoms with Crippen LogP contribution in [0.2, 0.25) is 0 Å². The summed E-state index contributed by atoms with van der Waals surface area (Å²) in [7, 11) is 0. The summed E-state index contributed by atoms with van der Waals surface area (Å²) < 4.78 is 14.1. The first-order valence-electron chi connectivity index (χ1n) is 2.86. The van der Waals surface area contributed by atoms with E-state index in [1.165, 1.54) is 10.3 Å². The number of nitrogens with one attached hydrogen (secondary N) is 1. The fourth-order valence-electron chi connectivity index (χ4n) is 0.599. The molecule has 0 aromatic carbocycles. The van der Waals surface area contributed by atoms with Crippen LogP contribution in [0.4, 0.5) is 4.39 Å².